The van der Waals surface area contributed by atoms with Crippen LogP contribution in [0.15, 0.2) is 20.2 Å². The normalized spacial score (nSPS) is 12.7. The lowest BCUT2D eigenvalue weighted by Gasteiger charge is -2.19. The number of carbonyl (C=O) groups is 3. The highest BCUT2D eigenvalue weighted by Crippen LogP contribution is 2.07. The van der Waals surface area contributed by atoms with Crippen molar-refractivity contribution in [1.82, 2.24) is 10.6 Å². The first kappa shape index (κ1) is 37.6. The van der Waals surface area contributed by atoms with Gasteiger partial charge in [-0.2, -0.15) is 10.2 Å². The molecule has 0 spiro atoms. The van der Waals surface area contributed by atoms with Crippen LogP contribution in [0.3, 0.4) is 0 Å². The molecule has 0 radical (unpaired) electrons. The highest BCUT2D eigenvalue weighted by atomic mass is 16.7. The van der Waals surface area contributed by atoms with E-state index in [9.17, 15) is 14.4 Å². The quantitative estimate of drug-likeness (QED) is 0.0604. The summed E-state index contributed by atoms with van der Waals surface area (Å²) in [7, 11) is 2.97. The summed E-state index contributed by atoms with van der Waals surface area (Å²) in [6, 6.07) is 0. The molecule has 0 aliphatic rings. The molecule has 0 aliphatic heterocycles. The van der Waals surface area contributed by atoms with E-state index in [4.69, 9.17) is 30.6 Å². The molecule has 0 aromatic rings. The summed E-state index contributed by atoms with van der Waals surface area (Å²) >= 11 is 0. The Bertz CT molecular complexity index is 827. The molecule has 0 aromatic heterocycles. The lowest BCUT2D eigenvalue weighted by Crippen LogP contribution is -2.33. The fourth-order valence-corrected chi connectivity index (χ4v) is 2.25. The zero-order chi connectivity index (χ0) is 30.3. The van der Waals surface area contributed by atoms with Gasteiger partial charge in [-0.15, -0.1) is 0 Å². The molecule has 15 nitrogen and oxygen atoms in total. The lowest BCUT2D eigenvalue weighted by molar-refractivity contribution is -0.102. The average Bonchev–Trinajstić information content (AvgIpc) is 2.83. The Balaban J connectivity index is 0. The predicted molar refractivity (Wildman–Crippen MR) is 152 cm³/mol. The van der Waals surface area contributed by atoms with Crippen molar-refractivity contribution < 1.29 is 33.3 Å². The molecule has 0 saturated carbocycles. The number of rotatable bonds is 14. The third-order valence-electron chi connectivity index (χ3n) is 3.80. The van der Waals surface area contributed by atoms with E-state index in [0.717, 1.165) is 0 Å². The van der Waals surface area contributed by atoms with E-state index < -0.39 is 29.7 Å². The van der Waals surface area contributed by atoms with Gasteiger partial charge >= 0.3 is 12.2 Å². The minimum atomic E-state index is -0.640. The molecular weight excluding hydrogens is 512 g/mol. The number of alkyl carbamates (subject to hydrolysis) is 2. The first-order valence-corrected chi connectivity index (χ1v) is 12.2. The maximum atomic E-state index is 11.4. The Hall–Kier alpha value is -3.59. The number of hydrogen-bond donors (Lipinski definition) is 4. The smallest absolute Gasteiger partial charge is 0.407 e. The van der Waals surface area contributed by atoms with Crippen LogP contribution in [-0.2, 0) is 23.7 Å². The molecule has 224 valence electrons. The topological polar surface area (TPSA) is 214 Å². The number of amides is 2. The molecule has 0 saturated heterocycles. The van der Waals surface area contributed by atoms with E-state index in [1.165, 1.54) is 26.6 Å². The molecule has 0 atom stereocenters. The third-order valence-corrected chi connectivity index (χ3v) is 3.80. The third kappa shape index (κ3) is 24.5. The Morgan fingerprint density at radius 1 is 0.795 bits per heavy atom. The monoisotopic (exact) mass is 558 g/mol. The van der Waals surface area contributed by atoms with Gasteiger partial charge in [-0.25, -0.2) is 9.59 Å². The summed E-state index contributed by atoms with van der Waals surface area (Å²) < 4.78 is 20.2. The second kappa shape index (κ2) is 21.4. The van der Waals surface area contributed by atoms with Crippen LogP contribution in [0.5, 0.6) is 0 Å². The van der Waals surface area contributed by atoms with Crippen LogP contribution in [0.4, 0.5) is 9.59 Å². The maximum absolute atomic E-state index is 11.4. The zero-order valence-electron chi connectivity index (χ0n) is 24.4. The molecule has 0 rings (SSSR count). The average molecular weight is 559 g/mol. The number of hydrogen-bond acceptors (Lipinski definition) is 13. The molecule has 15 heteroatoms. The van der Waals surface area contributed by atoms with Crippen molar-refractivity contribution in [3.05, 3.63) is 0 Å². The van der Waals surface area contributed by atoms with E-state index in [0.29, 0.717) is 51.0 Å². The number of ether oxygens (including phenoxy) is 4. The Kier molecular flexibility index (Phi) is 20.6. The summed E-state index contributed by atoms with van der Waals surface area (Å²) in [6.45, 7) is 12.7. The summed E-state index contributed by atoms with van der Waals surface area (Å²) in [5.74, 6) is 10.1. The molecule has 39 heavy (non-hydrogen) atoms. The number of aliphatic imine (C=N–C) groups is 2. The SMILES string of the molecule is CC(C)(C)OC(=O)NCCCN=CC(C=O)=NN.COC(OC)C(C=NCCCNC(=O)OC(C)(C)C)=NN. The summed E-state index contributed by atoms with van der Waals surface area (Å²) in [4.78, 5) is 41.0. The van der Waals surface area contributed by atoms with Gasteiger partial charge in [0.2, 0.25) is 6.29 Å². The Labute approximate surface area is 230 Å². The molecule has 0 aromatic carbocycles. The lowest BCUT2D eigenvalue weighted by atomic mass is 10.2. The molecule has 0 bridgehead atoms. The molecule has 2 amide bonds. The number of nitrogens with zero attached hydrogens (tertiary/aromatic N) is 4. The Morgan fingerprint density at radius 3 is 1.56 bits per heavy atom. The van der Waals surface area contributed by atoms with Crippen LogP contribution in [0, 0.1) is 0 Å². The van der Waals surface area contributed by atoms with Gasteiger partial charge in [0.25, 0.3) is 0 Å². The number of aldehydes is 1. The summed E-state index contributed by atoms with van der Waals surface area (Å²) in [5.41, 5.74) is -0.530. The van der Waals surface area contributed by atoms with Gasteiger partial charge in [-0.05, 0) is 54.4 Å². The fraction of sp³-hybridized carbons (Fsp3) is 0.708. The molecule has 0 fully saturated rings. The van der Waals surface area contributed by atoms with Crippen molar-refractivity contribution in [1.29, 1.82) is 0 Å². The maximum Gasteiger partial charge on any atom is 0.407 e. The van der Waals surface area contributed by atoms with E-state index in [-0.39, 0.29) is 5.71 Å². The predicted octanol–water partition coefficient (Wildman–Crippen LogP) is 1.39. The second-order valence-corrected chi connectivity index (χ2v) is 9.66. The first-order chi connectivity index (χ1) is 18.2. The number of nitrogens with one attached hydrogen (secondary N) is 2. The minimum Gasteiger partial charge on any atom is -0.444 e. The van der Waals surface area contributed by atoms with E-state index in [1.54, 1.807) is 20.8 Å². The Morgan fingerprint density at radius 2 is 1.23 bits per heavy atom. The van der Waals surface area contributed by atoms with Crippen molar-refractivity contribution in [2.45, 2.75) is 71.9 Å². The van der Waals surface area contributed by atoms with Crippen molar-refractivity contribution in [3.8, 4) is 0 Å². The van der Waals surface area contributed by atoms with Crippen molar-refractivity contribution in [3.63, 3.8) is 0 Å². The zero-order valence-corrected chi connectivity index (χ0v) is 24.4. The summed E-state index contributed by atoms with van der Waals surface area (Å²) in [6.07, 6.45) is 3.07. The molecule has 0 unspecified atom stereocenters. The van der Waals surface area contributed by atoms with Crippen molar-refractivity contribution in [2.24, 2.45) is 31.9 Å². The number of hydrazone groups is 2. The standard InChI is InChI=1S/C13H26N4O4.C11H20N4O3/c1-13(2,3)21-12(18)16-8-6-7-15-9-10(17-14)11(19-4)20-5;1-11(2,3)18-10(17)14-6-4-5-13-7-9(8-16)15-12/h9,11H,6-8,14H2,1-5H3,(H,16,18);7-8H,4-6,12H2,1-3H3,(H,14,17). The second-order valence-electron chi connectivity index (χ2n) is 9.66. The van der Waals surface area contributed by atoms with E-state index in [2.05, 4.69) is 30.8 Å². The van der Waals surface area contributed by atoms with E-state index >= 15 is 0 Å². The van der Waals surface area contributed by atoms with Crippen molar-refractivity contribution in [2.75, 3.05) is 40.4 Å². The first-order valence-electron chi connectivity index (χ1n) is 12.2. The fourth-order valence-electron chi connectivity index (χ4n) is 2.25. The number of methoxy groups -OCH3 is 2. The van der Waals surface area contributed by atoms with Crippen LogP contribution in [-0.4, -0.2) is 100 Å². The molecule has 0 heterocycles. The van der Waals surface area contributed by atoms with Crippen LogP contribution >= 0.6 is 0 Å². The molecule has 0 aliphatic carbocycles. The highest BCUT2D eigenvalue weighted by Gasteiger charge is 2.16. The van der Waals surface area contributed by atoms with Crippen LogP contribution in [0.25, 0.3) is 0 Å². The largest absolute Gasteiger partial charge is 0.444 e. The van der Waals surface area contributed by atoms with Gasteiger partial charge in [-0.1, -0.05) is 0 Å². The van der Waals surface area contributed by atoms with Gasteiger partial charge in [0.05, 0.1) is 6.21 Å². The van der Waals surface area contributed by atoms with Gasteiger partial charge in [0.15, 0.2) is 6.29 Å². The molecule has 6 N–H and O–H groups in total. The van der Waals surface area contributed by atoms with Crippen molar-refractivity contribution >= 4 is 42.3 Å². The number of nitrogens with two attached hydrogens (primary N) is 2. The number of carbonyl (C=O) groups excluding carboxylic acids is 3. The van der Waals surface area contributed by atoms with Gasteiger partial charge in [-0.3, -0.25) is 14.8 Å². The van der Waals surface area contributed by atoms with Crippen LogP contribution in [0.1, 0.15) is 54.4 Å². The van der Waals surface area contributed by atoms with Gasteiger partial charge in [0.1, 0.15) is 22.6 Å². The molecular formula is C24H46N8O7. The van der Waals surface area contributed by atoms with Gasteiger partial charge < -0.3 is 41.3 Å². The van der Waals surface area contributed by atoms with Gasteiger partial charge in [0, 0.05) is 46.6 Å². The van der Waals surface area contributed by atoms with Crippen LogP contribution < -0.4 is 22.3 Å². The van der Waals surface area contributed by atoms with Crippen LogP contribution in [0.2, 0.25) is 0 Å². The van der Waals surface area contributed by atoms with E-state index in [1.807, 2.05) is 20.8 Å². The summed E-state index contributed by atoms with van der Waals surface area (Å²) in [5, 5.41) is 12.0. The minimum absolute atomic E-state index is 0.0788. The highest BCUT2D eigenvalue weighted by molar-refractivity contribution is 6.54.